The third kappa shape index (κ3) is 7.18. The van der Waals surface area contributed by atoms with Crippen LogP contribution in [0, 0.1) is 0 Å². The highest BCUT2D eigenvalue weighted by Gasteiger charge is 2.20. The summed E-state index contributed by atoms with van der Waals surface area (Å²) in [5, 5.41) is 11.5. The van der Waals surface area contributed by atoms with E-state index in [1.807, 2.05) is 11.4 Å². The third-order valence-electron chi connectivity index (χ3n) is 3.80. The smallest absolute Gasteiger partial charge is 0.243 e. The van der Waals surface area contributed by atoms with Gasteiger partial charge in [-0.25, -0.2) is 4.99 Å². The van der Waals surface area contributed by atoms with Gasteiger partial charge >= 0.3 is 0 Å². The molecule has 7 nitrogen and oxygen atoms in total. The lowest BCUT2D eigenvalue weighted by Crippen LogP contribution is -2.51. The molecule has 3 N–H and O–H groups in total. The number of likely N-dealkylation sites (N-methyl/N-ethyl adjacent to an activating group) is 1. The van der Waals surface area contributed by atoms with Crippen LogP contribution in [-0.2, 0) is 9.59 Å². The number of piperidine rings is 1. The molecule has 0 saturated carbocycles. The molecule has 0 aliphatic carbocycles. The van der Waals surface area contributed by atoms with E-state index in [0.717, 1.165) is 6.42 Å². The zero-order chi connectivity index (χ0) is 17.5. The molecule has 2 heterocycles. The van der Waals surface area contributed by atoms with Crippen molar-refractivity contribution in [1.82, 2.24) is 20.9 Å². The molecular formula is C16H26IN5O2S. The van der Waals surface area contributed by atoms with Crippen molar-refractivity contribution in [2.24, 2.45) is 4.99 Å². The van der Waals surface area contributed by atoms with Crippen LogP contribution in [0.2, 0.25) is 0 Å². The van der Waals surface area contributed by atoms with E-state index in [9.17, 15) is 9.59 Å². The van der Waals surface area contributed by atoms with Gasteiger partial charge < -0.3 is 20.9 Å². The summed E-state index contributed by atoms with van der Waals surface area (Å²) in [5.74, 6) is 0.610. The summed E-state index contributed by atoms with van der Waals surface area (Å²) in [6.07, 6.45) is 1.25. The van der Waals surface area contributed by atoms with Crippen LogP contribution in [0.25, 0.3) is 0 Å². The molecule has 1 saturated heterocycles. The van der Waals surface area contributed by atoms with Crippen LogP contribution in [0.1, 0.15) is 30.7 Å². The Kier molecular flexibility index (Phi) is 9.19. The number of halogens is 1. The number of carbonyl (C=O) groups excluding carboxylic acids is 2. The quantitative estimate of drug-likeness (QED) is 0.338. The van der Waals surface area contributed by atoms with Gasteiger partial charge in [0.2, 0.25) is 11.8 Å². The standard InChI is InChI=1S/C16H25N5O2S.HI/c1-11(13-5-4-8-24-13)19-16(18-10-15(23)21(2)3)20-12-6-7-14(22)17-9-12;/h4-5,8,11-12H,6-7,9-10H2,1-3H3,(H,17,22)(H2,18,19,20);1H. The fourth-order valence-corrected chi connectivity index (χ4v) is 3.02. The van der Waals surface area contributed by atoms with Crippen LogP contribution in [0.15, 0.2) is 22.5 Å². The van der Waals surface area contributed by atoms with E-state index in [-0.39, 0.29) is 54.4 Å². The minimum absolute atomic E-state index is 0. The summed E-state index contributed by atoms with van der Waals surface area (Å²) in [6.45, 7) is 2.70. The van der Waals surface area contributed by atoms with Crippen LogP contribution < -0.4 is 16.0 Å². The highest BCUT2D eigenvalue weighted by Crippen LogP contribution is 2.18. The van der Waals surface area contributed by atoms with E-state index in [4.69, 9.17) is 0 Å². The second-order valence-corrected chi connectivity index (χ2v) is 7.00. The SMILES string of the molecule is CC(NC(=NCC(=O)N(C)C)NC1CCC(=O)NC1)c1cccs1.I. The fourth-order valence-electron chi connectivity index (χ4n) is 2.28. The average Bonchev–Trinajstić information content (AvgIpc) is 3.08. The second-order valence-electron chi connectivity index (χ2n) is 6.02. The summed E-state index contributed by atoms with van der Waals surface area (Å²) in [7, 11) is 3.42. The van der Waals surface area contributed by atoms with Crippen molar-refractivity contribution < 1.29 is 9.59 Å². The Bertz CT molecular complexity index is 581. The zero-order valence-corrected chi connectivity index (χ0v) is 17.9. The molecule has 1 aromatic heterocycles. The number of aliphatic imine (C=N–C) groups is 1. The third-order valence-corrected chi connectivity index (χ3v) is 4.86. The van der Waals surface area contributed by atoms with Gasteiger partial charge in [0.1, 0.15) is 6.54 Å². The summed E-state index contributed by atoms with van der Waals surface area (Å²) in [5.41, 5.74) is 0. The van der Waals surface area contributed by atoms with Crippen molar-refractivity contribution in [3.8, 4) is 0 Å². The fraction of sp³-hybridized carbons (Fsp3) is 0.562. The molecule has 2 unspecified atom stereocenters. The Labute approximate surface area is 169 Å². The minimum atomic E-state index is -0.0585. The van der Waals surface area contributed by atoms with Crippen molar-refractivity contribution >= 4 is 53.1 Å². The number of hydrogen-bond acceptors (Lipinski definition) is 4. The monoisotopic (exact) mass is 479 g/mol. The normalized spacial score (nSPS) is 18.6. The van der Waals surface area contributed by atoms with Crippen molar-refractivity contribution in [2.45, 2.75) is 31.8 Å². The van der Waals surface area contributed by atoms with Gasteiger partial charge in [0, 0.05) is 38.0 Å². The van der Waals surface area contributed by atoms with Gasteiger partial charge in [-0.1, -0.05) is 6.07 Å². The molecule has 0 spiro atoms. The molecule has 140 valence electrons. The highest BCUT2D eigenvalue weighted by atomic mass is 127. The lowest BCUT2D eigenvalue weighted by molar-refractivity contribution is -0.127. The average molecular weight is 479 g/mol. The number of rotatable bonds is 5. The molecule has 0 radical (unpaired) electrons. The van der Waals surface area contributed by atoms with Crippen molar-refractivity contribution in [1.29, 1.82) is 0 Å². The molecule has 1 aromatic rings. The number of nitrogens with zero attached hydrogens (tertiary/aromatic N) is 2. The molecule has 9 heteroatoms. The van der Waals surface area contributed by atoms with Crippen LogP contribution in [-0.4, -0.2) is 55.9 Å². The van der Waals surface area contributed by atoms with Gasteiger partial charge in [-0.15, -0.1) is 35.3 Å². The number of hydrogen-bond donors (Lipinski definition) is 3. The summed E-state index contributed by atoms with van der Waals surface area (Å²) in [4.78, 5) is 30.2. The van der Waals surface area contributed by atoms with Gasteiger partial charge in [0.05, 0.1) is 6.04 Å². The Hall–Kier alpha value is -1.36. The van der Waals surface area contributed by atoms with E-state index in [1.54, 1.807) is 25.4 Å². The maximum Gasteiger partial charge on any atom is 0.243 e. The minimum Gasteiger partial charge on any atom is -0.354 e. The van der Waals surface area contributed by atoms with Crippen LogP contribution in [0.5, 0.6) is 0 Å². The second kappa shape index (κ2) is 10.6. The Balaban J connectivity index is 0.00000312. The first-order valence-corrected chi connectivity index (χ1v) is 8.91. The van der Waals surface area contributed by atoms with E-state index in [2.05, 4.69) is 33.9 Å². The number of guanidine groups is 1. The molecule has 1 aliphatic rings. The number of amides is 2. The van der Waals surface area contributed by atoms with Crippen LogP contribution in [0.4, 0.5) is 0 Å². The Morgan fingerprint density at radius 3 is 2.84 bits per heavy atom. The largest absolute Gasteiger partial charge is 0.354 e. The van der Waals surface area contributed by atoms with Crippen LogP contribution in [0.3, 0.4) is 0 Å². The van der Waals surface area contributed by atoms with Crippen molar-refractivity contribution in [2.75, 3.05) is 27.2 Å². The molecule has 1 fully saturated rings. The zero-order valence-electron chi connectivity index (χ0n) is 14.7. The summed E-state index contributed by atoms with van der Waals surface area (Å²) >= 11 is 1.67. The summed E-state index contributed by atoms with van der Waals surface area (Å²) in [6, 6.07) is 4.27. The van der Waals surface area contributed by atoms with Gasteiger partial charge in [-0.2, -0.15) is 0 Å². The van der Waals surface area contributed by atoms with Crippen molar-refractivity contribution in [3.63, 3.8) is 0 Å². The molecule has 2 amide bonds. The van der Waals surface area contributed by atoms with Gasteiger partial charge in [0.25, 0.3) is 0 Å². The molecule has 2 rings (SSSR count). The van der Waals surface area contributed by atoms with E-state index >= 15 is 0 Å². The van der Waals surface area contributed by atoms with Gasteiger partial charge in [-0.05, 0) is 24.8 Å². The van der Waals surface area contributed by atoms with Crippen molar-refractivity contribution in [3.05, 3.63) is 22.4 Å². The van der Waals surface area contributed by atoms with E-state index < -0.39 is 0 Å². The lowest BCUT2D eigenvalue weighted by Gasteiger charge is -2.27. The topological polar surface area (TPSA) is 85.8 Å². The first kappa shape index (κ1) is 21.7. The Morgan fingerprint density at radius 1 is 1.52 bits per heavy atom. The molecule has 0 bridgehead atoms. The number of thiophene rings is 1. The van der Waals surface area contributed by atoms with E-state index in [0.29, 0.717) is 18.9 Å². The molecule has 2 atom stereocenters. The maximum absolute atomic E-state index is 11.8. The predicted molar refractivity (Wildman–Crippen MR) is 111 cm³/mol. The lowest BCUT2D eigenvalue weighted by atomic mass is 10.1. The summed E-state index contributed by atoms with van der Waals surface area (Å²) < 4.78 is 0. The number of carbonyl (C=O) groups is 2. The van der Waals surface area contributed by atoms with Gasteiger partial charge in [0.15, 0.2) is 5.96 Å². The highest BCUT2D eigenvalue weighted by molar-refractivity contribution is 14.0. The molecular weight excluding hydrogens is 453 g/mol. The van der Waals surface area contributed by atoms with Crippen LogP contribution >= 0.6 is 35.3 Å². The molecule has 0 aromatic carbocycles. The van der Waals surface area contributed by atoms with Gasteiger partial charge in [-0.3, -0.25) is 9.59 Å². The number of nitrogens with one attached hydrogen (secondary N) is 3. The molecule has 1 aliphatic heterocycles. The predicted octanol–water partition coefficient (Wildman–Crippen LogP) is 1.33. The van der Waals surface area contributed by atoms with E-state index in [1.165, 1.54) is 9.78 Å². The maximum atomic E-state index is 11.8. The first-order valence-electron chi connectivity index (χ1n) is 8.03. The Morgan fingerprint density at radius 2 is 2.28 bits per heavy atom. The molecule has 25 heavy (non-hydrogen) atoms. The first-order chi connectivity index (χ1) is 11.5.